The van der Waals surface area contributed by atoms with Gasteiger partial charge in [-0.15, -0.1) is 0 Å². The second kappa shape index (κ2) is 7.30. The summed E-state index contributed by atoms with van der Waals surface area (Å²) in [7, 11) is 0. The van der Waals surface area contributed by atoms with Crippen molar-refractivity contribution in [2.75, 3.05) is 19.6 Å². The summed E-state index contributed by atoms with van der Waals surface area (Å²) >= 11 is 0. The van der Waals surface area contributed by atoms with Gasteiger partial charge in [-0.1, -0.05) is 12.1 Å². The van der Waals surface area contributed by atoms with E-state index in [1.54, 1.807) is 12.3 Å². The number of likely N-dealkylation sites (tertiary alicyclic amines) is 1. The number of imidazole rings is 1. The molecule has 0 aliphatic carbocycles. The third kappa shape index (κ3) is 3.48. The Kier molecular flexibility index (Phi) is 4.83. The van der Waals surface area contributed by atoms with E-state index in [0.717, 1.165) is 25.2 Å². The maximum atomic E-state index is 13.0. The zero-order valence-electron chi connectivity index (χ0n) is 16.4. The van der Waals surface area contributed by atoms with Gasteiger partial charge in [0.25, 0.3) is 5.91 Å². The fourth-order valence-corrected chi connectivity index (χ4v) is 4.22. The van der Waals surface area contributed by atoms with Gasteiger partial charge in [-0.2, -0.15) is 0 Å². The molecule has 28 heavy (non-hydrogen) atoms. The summed E-state index contributed by atoms with van der Waals surface area (Å²) in [5.74, 6) is 1.48. The molecule has 0 radical (unpaired) electrons. The molecule has 7 heteroatoms. The standard InChI is InChI=1S/C21H26N4O3/c1-15(25-11-9-22-16(25)2)12-19(26)24-10-5-8-21(14-24)13-23-20(27)17-6-3-4-7-18(17)28-21/h3-4,6-7,9,11,15H,5,8,10,12-14H2,1-2H3,(H,23,27). The van der Waals surface area contributed by atoms with Gasteiger partial charge in [0.1, 0.15) is 17.2 Å². The summed E-state index contributed by atoms with van der Waals surface area (Å²) < 4.78 is 8.36. The van der Waals surface area contributed by atoms with Gasteiger partial charge in [0, 0.05) is 31.4 Å². The third-order valence-corrected chi connectivity index (χ3v) is 5.73. The van der Waals surface area contributed by atoms with Crippen LogP contribution in [-0.4, -0.2) is 51.5 Å². The monoisotopic (exact) mass is 382 g/mol. The quantitative estimate of drug-likeness (QED) is 0.884. The minimum absolute atomic E-state index is 0.0448. The first-order valence-corrected chi connectivity index (χ1v) is 9.81. The molecule has 1 aromatic carbocycles. The van der Waals surface area contributed by atoms with Crippen LogP contribution in [-0.2, 0) is 4.79 Å². The predicted octanol–water partition coefficient (Wildman–Crippen LogP) is 2.33. The fraction of sp³-hybridized carbons (Fsp3) is 0.476. The molecule has 1 fully saturated rings. The van der Waals surface area contributed by atoms with Crippen LogP contribution in [0, 0.1) is 6.92 Å². The van der Waals surface area contributed by atoms with Crippen molar-refractivity contribution in [1.29, 1.82) is 0 Å². The van der Waals surface area contributed by atoms with E-state index >= 15 is 0 Å². The van der Waals surface area contributed by atoms with Crippen molar-refractivity contribution in [1.82, 2.24) is 19.8 Å². The number of carbonyl (C=O) groups excluding carboxylic acids is 2. The van der Waals surface area contributed by atoms with Crippen LogP contribution in [0.2, 0.25) is 0 Å². The van der Waals surface area contributed by atoms with Crippen molar-refractivity contribution in [2.24, 2.45) is 0 Å². The van der Waals surface area contributed by atoms with Crippen molar-refractivity contribution in [3.63, 3.8) is 0 Å². The van der Waals surface area contributed by atoms with Gasteiger partial charge in [0.05, 0.1) is 18.7 Å². The number of nitrogens with one attached hydrogen (secondary N) is 1. The summed E-state index contributed by atoms with van der Waals surface area (Å²) in [6.07, 6.45) is 5.73. The number of hydrogen-bond acceptors (Lipinski definition) is 4. The topological polar surface area (TPSA) is 76.5 Å². The molecule has 2 amide bonds. The van der Waals surface area contributed by atoms with Crippen LogP contribution in [0.15, 0.2) is 36.7 Å². The van der Waals surface area contributed by atoms with Crippen LogP contribution < -0.4 is 10.1 Å². The van der Waals surface area contributed by atoms with Gasteiger partial charge >= 0.3 is 0 Å². The van der Waals surface area contributed by atoms with Gasteiger partial charge in [-0.3, -0.25) is 9.59 Å². The highest BCUT2D eigenvalue weighted by molar-refractivity contribution is 5.97. The molecule has 1 spiro atoms. The lowest BCUT2D eigenvalue weighted by Gasteiger charge is -2.42. The normalized spacial score (nSPS) is 22.8. The zero-order chi connectivity index (χ0) is 19.7. The minimum atomic E-state index is -0.579. The maximum Gasteiger partial charge on any atom is 0.255 e. The van der Waals surface area contributed by atoms with E-state index < -0.39 is 5.60 Å². The highest BCUT2D eigenvalue weighted by Crippen LogP contribution is 2.32. The number of aromatic nitrogens is 2. The molecule has 1 aromatic heterocycles. The van der Waals surface area contributed by atoms with Crippen LogP contribution in [0.4, 0.5) is 0 Å². The van der Waals surface area contributed by atoms with Crippen molar-refractivity contribution in [3.05, 3.63) is 48.0 Å². The Balaban J connectivity index is 1.49. The van der Waals surface area contributed by atoms with E-state index in [1.807, 2.05) is 47.7 Å². The number of hydrogen-bond donors (Lipinski definition) is 1. The van der Waals surface area contributed by atoms with Crippen molar-refractivity contribution in [3.8, 4) is 5.75 Å². The van der Waals surface area contributed by atoms with Crippen LogP contribution in [0.3, 0.4) is 0 Å². The number of benzene rings is 1. The number of carbonyl (C=O) groups is 2. The molecule has 2 aliphatic rings. The summed E-state index contributed by atoms with van der Waals surface area (Å²) in [4.78, 5) is 31.5. The molecule has 1 saturated heterocycles. The Labute approximate surface area is 164 Å². The molecule has 0 saturated carbocycles. The Bertz CT molecular complexity index is 893. The second-order valence-corrected chi connectivity index (χ2v) is 7.82. The lowest BCUT2D eigenvalue weighted by molar-refractivity contribution is -0.137. The SMILES string of the molecule is Cc1nccn1C(C)CC(=O)N1CCCC2(CNC(=O)c3ccccc3O2)C1. The highest BCUT2D eigenvalue weighted by atomic mass is 16.5. The average molecular weight is 382 g/mol. The minimum Gasteiger partial charge on any atom is -0.483 e. The highest BCUT2D eigenvalue weighted by Gasteiger charge is 2.42. The number of rotatable bonds is 3. The summed E-state index contributed by atoms with van der Waals surface area (Å²) in [5, 5.41) is 2.98. The molecule has 2 atom stereocenters. The van der Waals surface area contributed by atoms with E-state index in [2.05, 4.69) is 10.3 Å². The van der Waals surface area contributed by atoms with E-state index in [4.69, 9.17) is 4.74 Å². The van der Waals surface area contributed by atoms with Gasteiger partial charge < -0.3 is 19.5 Å². The number of fused-ring (bicyclic) bond motifs is 1. The lowest BCUT2D eigenvalue weighted by atomic mass is 9.92. The summed E-state index contributed by atoms with van der Waals surface area (Å²) in [5.41, 5.74) is -0.0309. The predicted molar refractivity (Wildman–Crippen MR) is 104 cm³/mol. The number of para-hydroxylation sites is 1. The lowest BCUT2D eigenvalue weighted by Crippen LogP contribution is -2.58. The molecule has 2 aromatic rings. The number of ether oxygens (including phenoxy) is 1. The van der Waals surface area contributed by atoms with Crippen molar-refractivity contribution < 1.29 is 14.3 Å². The Morgan fingerprint density at radius 1 is 1.39 bits per heavy atom. The largest absolute Gasteiger partial charge is 0.483 e. The van der Waals surface area contributed by atoms with Crippen molar-refractivity contribution >= 4 is 11.8 Å². The van der Waals surface area contributed by atoms with E-state index in [1.165, 1.54) is 0 Å². The molecule has 1 N–H and O–H groups in total. The van der Waals surface area contributed by atoms with Gasteiger partial charge in [0.15, 0.2) is 0 Å². The molecular weight excluding hydrogens is 356 g/mol. The molecule has 3 heterocycles. The number of amides is 2. The van der Waals surface area contributed by atoms with E-state index in [9.17, 15) is 9.59 Å². The fourth-order valence-electron chi connectivity index (χ4n) is 4.22. The van der Waals surface area contributed by atoms with Gasteiger partial charge in [-0.25, -0.2) is 4.98 Å². The Morgan fingerprint density at radius 2 is 2.21 bits per heavy atom. The Hall–Kier alpha value is -2.83. The first-order valence-electron chi connectivity index (χ1n) is 9.81. The van der Waals surface area contributed by atoms with Crippen LogP contribution in [0.25, 0.3) is 0 Å². The molecule has 2 aliphatic heterocycles. The van der Waals surface area contributed by atoms with Crippen LogP contribution in [0.5, 0.6) is 5.75 Å². The third-order valence-electron chi connectivity index (χ3n) is 5.73. The first kappa shape index (κ1) is 18.5. The zero-order valence-corrected chi connectivity index (χ0v) is 16.4. The summed E-state index contributed by atoms with van der Waals surface area (Å²) in [6, 6.07) is 7.34. The number of piperidine rings is 1. The van der Waals surface area contributed by atoms with E-state index in [-0.39, 0.29) is 17.9 Å². The number of aryl methyl sites for hydroxylation is 1. The first-order chi connectivity index (χ1) is 13.5. The van der Waals surface area contributed by atoms with Crippen LogP contribution in [0.1, 0.15) is 48.4 Å². The van der Waals surface area contributed by atoms with E-state index in [0.29, 0.717) is 30.8 Å². The molecule has 7 nitrogen and oxygen atoms in total. The maximum absolute atomic E-state index is 13.0. The van der Waals surface area contributed by atoms with Gasteiger partial charge in [0.2, 0.25) is 5.91 Å². The number of nitrogens with zero attached hydrogens (tertiary/aromatic N) is 3. The molecule has 4 rings (SSSR count). The molecule has 2 unspecified atom stereocenters. The summed E-state index contributed by atoms with van der Waals surface area (Å²) in [6.45, 7) is 5.58. The average Bonchev–Trinajstić information content (AvgIpc) is 3.07. The molecule has 148 valence electrons. The van der Waals surface area contributed by atoms with Gasteiger partial charge in [-0.05, 0) is 38.8 Å². The Morgan fingerprint density at radius 3 is 3.00 bits per heavy atom. The smallest absolute Gasteiger partial charge is 0.255 e. The van der Waals surface area contributed by atoms with Crippen LogP contribution >= 0.6 is 0 Å². The van der Waals surface area contributed by atoms with Crippen molar-refractivity contribution in [2.45, 2.75) is 44.8 Å². The second-order valence-electron chi connectivity index (χ2n) is 7.82. The molecular formula is C21H26N4O3. The molecule has 0 bridgehead atoms.